The van der Waals surface area contributed by atoms with Crippen molar-refractivity contribution < 1.29 is 14.6 Å². The molecule has 1 aliphatic heterocycles. The van der Waals surface area contributed by atoms with Crippen LogP contribution in [0.5, 0.6) is 0 Å². The molecule has 1 aliphatic rings. The first kappa shape index (κ1) is 10.5. The summed E-state index contributed by atoms with van der Waals surface area (Å²) in [7, 11) is 1.64. The van der Waals surface area contributed by atoms with E-state index in [-0.39, 0.29) is 12.0 Å². The summed E-state index contributed by atoms with van der Waals surface area (Å²) in [4.78, 5) is 13.2. The van der Waals surface area contributed by atoms with Gasteiger partial charge in [-0.3, -0.25) is 4.79 Å². The molecule has 0 saturated carbocycles. The lowest BCUT2D eigenvalue weighted by molar-refractivity contribution is -0.147. The zero-order valence-electron chi connectivity index (χ0n) is 8.41. The second kappa shape index (κ2) is 3.64. The topological polar surface area (TPSA) is 49.8 Å². The van der Waals surface area contributed by atoms with Crippen LogP contribution in [0.4, 0.5) is 0 Å². The first-order chi connectivity index (χ1) is 5.95. The Balaban J connectivity index is 2.52. The maximum atomic E-state index is 11.5. The summed E-state index contributed by atoms with van der Waals surface area (Å²) in [5.74, 6) is -0.216. The van der Waals surface area contributed by atoms with Crippen molar-refractivity contribution in [3.8, 4) is 0 Å². The summed E-state index contributed by atoms with van der Waals surface area (Å²) in [6, 6.07) is 0. The predicted molar refractivity (Wildman–Crippen MR) is 48.3 cm³/mol. The molecule has 1 rings (SSSR count). The molecule has 0 aromatic rings. The van der Waals surface area contributed by atoms with Crippen LogP contribution >= 0.6 is 0 Å². The zero-order chi connectivity index (χ0) is 10.1. The highest BCUT2D eigenvalue weighted by atomic mass is 16.5. The molecule has 1 amide bonds. The van der Waals surface area contributed by atoms with Gasteiger partial charge in [-0.25, -0.2) is 0 Å². The number of carbonyl (C=O) groups excluding carboxylic acids is 1. The summed E-state index contributed by atoms with van der Waals surface area (Å²) in [6.07, 6.45) is 0.990. The molecule has 76 valence electrons. The van der Waals surface area contributed by atoms with E-state index in [0.29, 0.717) is 13.1 Å². The Morgan fingerprint density at radius 3 is 2.62 bits per heavy atom. The maximum Gasteiger partial charge on any atom is 0.254 e. The van der Waals surface area contributed by atoms with E-state index in [9.17, 15) is 9.90 Å². The van der Waals surface area contributed by atoms with Gasteiger partial charge in [0, 0.05) is 20.2 Å². The van der Waals surface area contributed by atoms with Crippen molar-refractivity contribution in [3.63, 3.8) is 0 Å². The van der Waals surface area contributed by atoms with Crippen molar-refractivity contribution in [2.75, 3.05) is 20.2 Å². The van der Waals surface area contributed by atoms with Gasteiger partial charge >= 0.3 is 0 Å². The molecular weight excluding hydrogens is 170 g/mol. The molecule has 1 N–H and O–H groups in total. The van der Waals surface area contributed by atoms with Crippen LogP contribution in [-0.2, 0) is 9.53 Å². The Morgan fingerprint density at radius 1 is 1.62 bits per heavy atom. The van der Waals surface area contributed by atoms with Crippen LogP contribution in [0.2, 0.25) is 0 Å². The number of hydrogen-bond donors (Lipinski definition) is 1. The van der Waals surface area contributed by atoms with Gasteiger partial charge in [-0.2, -0.15) is 0 Å². The first-order valence-electron chi connectivity index (χ1n) is 4.49. The quantitative estimate of drug-likeness (QED) is 0.662. The van der Waals surface area contributed by atoms with E-state index in [1.54, 1.807) is 12.0 Å². The highest BCUT2D eigenvalue weighted by molar-refractivity contribution is 5.84. The molecule has 1 saturated heterocycles. The largest absolute Gasteiger partial charge is 0.381 e. The van der Waals surface area contributed by atoms with Gasteiger partial charge in [0.15, 0.2) is 0 Å². The summed E-state index contributed by atoms with van der Waals surface area (Å²) in [6.45, 7) is 4.30. The minimum Gasteiger partial charge on any atom is -0.381 e. The van der Waals surface area contributed by atoms with Crippen molar-refractivity contribution >= 4 is 5.91 Å². The molecular formula is C9H17NO3. The molecule has 4 heteroatoms. The number of rotatable bonds is 2. The van der Waals surface area contributed by atoms with E-state index >= 15 is 0 Å². The Hall–Kier alpha value is -0.610. The summed E-state index contributed by atoms with van der Waals surface area (Å²) >= 11 is 0. The number of likely N-dealkylation sites (tertiary alicyclic amines) is 1. The molecule has 1 atom stereocenters. The lowest BCUT2D eigenvalue weighted by atomic mass is 10.1. The third kappa shape index (κ3) is 2.42. The van der Waals surface area contributed by atoms with Crippen molar-refractivity contribution in [3.05, 3.63) is 0 Å². The molecule has 1 unspecified atom stereocenters. The van der Waals surface area contributed by atoms with E-state index in [2.05, 4.69) is 0 Å². The van der Waals surface area contributed by atoms with Crippen molar-refractivity contribution in [2.45, 2.75) is 32.0 Å². The Morgan fingerprint density at radius 2 is 2.23 bits per heavy atom. The fourth-order valence-corrected chi connectivity index (χ4v) is 1.49. The number of amides is 1. The SMILES string of the molecule is COC1CCN(C(=O)C(C)(C)O)C1. The van der Waals surface area contributed by atoms with Gasteiger partial charge < -0.3 is 14.7 Å². The van der Waals surface area contributed by atoms with E-state index in [4.69, 9.17) is 4.74 Å². The highest BCUT2D eigenvalue weighted by Crippen LogP contribution is 2.16. The van der Waals surface area contributed by atoms with Crippen LogP contribution in [0.3, 0.4) is 0 Å². The molecule has 1 fully saturated rings. The second-order valence-corrected chi connectivity index (χ2v) is 3.96. The smallest absolute Gasteiger partial charge is 0.254 e. The van der Waals surface area contributed by atoms with Crippen LogP contribution in [0.25, 0.3) is 0 Å². The average Bonchev–Trinajstić information content (AvgIpc) is 2.48. The second-order valence-electron chi connectivity index (χ2n) is 3.96. The molecule has 0 aliphatic carbocycles. The fraction of sp³-hybridized carbons (Fsp3) is 0.889. The zero-order valence-corrected chi connectivity index (χ0v) is 8.41. The first-order valence-corrected chi connectivity index (χ1v) is 4.49. The predicted octanol–water partition coefficient (Wildman–Crippen LogP) is 0.00460. The van der Waals surface area contributed by atoms with Gasteiger partial charge in [-0.15, -0.1) is 0 Å². The number of methoxy groups -OCH3 is 1. The summed E-state index contributed by atoms with van der Waals surface area (Å²) < 4.78 is 5.13. The molecule has 0 aromatic heterocycles. The van der Waals surface area contributed by atoms with E-state index < -0.39 is 5.60 Å². The Labute approximate surface area is 78.5 Å². The van der Waals surface area contributed by atoms with Crippen LogP contribution in [0.1, 0.15) is 20.3 Å². The number of nitrogens with zero attached hydrogens (tertiary/aromatic N) is 1. The van der Waals surface area contributed by atoms with Gasteiger partial charge in [0.2, 0.25) is 0 Å². The monoisotopic (exact) mass is 187 g/mol. The third-order valence-corrected chi connectivity index (χ3v) is 2.29. The number of hydrogen-bond acceptors (Lipinski definition) is 3. The molecule has 0 aromatic carbocycles. The molecule has 13 heavy (non-hydrogen) atoms. The number of carbonyl (C=O) groups is 1. The lowest BCUT2D eigenvalue weighted by Crippen LogP contribution is -2.44. The Bertz CT molecular complexity index is 198. The van der Waals surface area contributed by atoms with E-state index in [1.807, 2.05) is 0 Å². The van der Waals surface area contributed by atoms with Crippen LogP contribution in [0, 0.1) is 0 Å². The normalized spacial score (nSPS) is 23.7. The molecule has 0 bridgehead atoms. The lowest BCUT2D eigenvalue weighted by Gasteiger charge is -2.24. The Kier molecular flexibility index (Phi) is 2.93. The van der Waals surface area contributed by atoms with E-state index in [1.165, 1.54) is 13.8 Å². The molecule has 1 heterocycles. The number of ether oxygens (including phenoxy) is 1. The van der Waals surface area contributed by atoms with Gasteiger partial charge in [0.05, 0.1) is 6.10 Å². The fourth-order valence-electron chi connectivity index (χ4n) is 1.49. The molecule has 0 radical (unpaired) electrons. The summed E-state index contributed by atoms with van der Waals surface area (Å²) in [5, 5.41) is 9.47. The van der Waals surface area contributed by atoms with Gasteiger partial charge in [-0.05, 0) is 20.3 Å². The molecule has 0 spiro atoms. The van der Waals surface area contributed by atoms with Gasteiger partial charge in [0.25, 0.3) is 5.91 Å². The van der Waals surface area contributed by atoms with Crippen molar-refractivity contribution in [1.29, 1.82) is 0 Å². The van der Waals surface area contributed by atoms with Crippen LogP contribution in [-0.4, -0.2) is 47.8 Å². The van der Waals surface area contributed by atoms with Crippen molar-refractivity contribution in [1.82, 2.24) is 4.90 Å². The standard InChI is InChI=1S/C9H17NO3/c1-9(2,12)8(11)10-5-4-7(6-10)13-3/h7,12H,4-6H2,1-3H3. The van der Waals surface area contributed by atoms with Crippen molar-refractivity contribution in [2.24, 2.45) is 0 Å². The average molecular weight is 187 g/mol. The van der Waals surface area contributed by atoms with Gasteiger partial charge in [-0.1, -0.05) is 0 Å². The maximum absolute atomic E-state index is 11.5. The molecule has 4 nitrogen and oxygen atoms in total. The van der Waals surface area contributed by atoms with Gasteiger partial charge in [0.1, 0.15) is 5.60 Å². The van der Waals surface area contributed by atoms with E-state index in [0.717, 1.165) is 6.42 Å². The minimum absolute atomic E-state index is 0.131. The summed E-state index contributed by atoms with van der Waals surface area (Å²) in [5.41, 5.74) is -1.26. The minimum atomic E-state index is -1.26. The van der Waals surface area contributed by atoms with Crippen LogP contribution in [0.15, 0.2) is 0 Å². The highest BCUT2D eigenvalue weighted by Gasteiger charge is 2.34. The number of aliphatic hydroxyl groups is 1. The third-order valence-electron chi connectivity index (χ3n) is 2.29. The van der Waals surface area contributed by atoms with Crippen LogP contribution < -0.4 is 0 Å².